The molecule has 0 saturated carbocycles. The van der Waals surface area contributed by atoms with Gasteiger partial charge in [0.25, 0.3) is 0 Å². The zero-order valence-electron chi connectivity index (χ0n) is 11.2. The Hall–Kier alpha value is -1.84. The van der Waals surface area contributed by atoms with E-state index in [4.69, 9.17) is 9.84 Å². The first-order chi connectivity index (χ1) is 9.60. The van der Waals surface area contributed by atoms with Gasteiger partial charge in [-0.1, -0.05) is 0 Å². The first-order valence-electron chi connectivity index (χ1n) is 6.30. The van der Waals surface area contributed by atoms with Gasteiger partial charge in [-0.05, 0) is 0 Å². The molecule has 0 aromatic carbocycles. The van der Waals surface area contributed by atoms with Crippen molar-refractivity contribution in [1.82, 2.24) is 24.8 Å². The summed E-state index contributed by atoms with van der Waals surface area (Å²) in [5.41, 5.74) is 0.510. The fraction of sp³-hybridized carbons (Fsp3) is 0.636. The summed E-state index contributed by atoms with van der Waals surface area (Å²) in [4.78, 5) is 5.92. The molecular formula is C11H16N6O3. The Kier molecular flexibility index (Phi) is 3.24. The average molecular weight is 280 g/mol. The number of hydrogen-bond donors (Lipinski definition) is 2. The van der Waals surface area contributed by atoms with Gasteiger partial charge >= 0.3 is 0 Å². The summed E-state index contributed by atoms with van der Waals surface area (Å²) in [7, 11) is 3.67. The van der Waals surface area contributed by atoms with Gasteiger partial charge in [0.1, 0.15) is 12.2 Å². The van der Waals surface area contributed by atoms with Gasteiger partial charge in [-0.15, -0.1) is 15.3 Å². The van der Waals surface area contributed by atoms with Crippen molar-refractivity contribution in [3.05, 3.63) is 12.0 Å². The molecule has 0 spiro atoms. The molecule has 0 amide bonds. The van der Waals surface area contributed by atoms with Crippen molar-refractivity contribution in [3.8, 4) is 0 Å². The predicted molar refractivity (Wildman–Crippen MR) is 68.2 cm³/mol. The second-order valence-corrected chi connectivity index (χ2v) is 4.93. The summed E-state index contributed by atoms with van der Waals surface area (Å²) >= 11 is 0. The molecule has 2 N–H and O–H groups in total. The molecule has 0 bridgehead atoms. The van der Waals surface area contributed by atoms with E-state index in [1.54, 1.807) is 15.6 Å². The fourth-order valence-electron chi connectivity index (χ4n) is 2.18. The van der Waals surface area contributed by atoms with Crippen LogP contribution in [0.1, 0.15) is 18.3 Å². The van der Waals surface area contributed by atoms with E-state index in [2.05, 4.69) is 20.3 Å². The molecule has 1 fully saturated rings. The van der Waals surface area contributed by atoms with Gasteiger partial charge in [0.05, 0.1) is 18.9 Å². The van der Waals surface area contributed by atoms with Crippen LogP contribution in [0.3, 0.4) is 0 Å². The first kappa shape index (κ1) is 13.2. The van der Waals surface area contributed by atoms with Crippen molar-refractivity contribution in [2.45, 2.75) is 24.7 Å². The van der Waals surface area contributed by atoms with Crippen LogP contribution in [-0.4, -0.2) is 67.9 Å². The number of aromatic nitrogens is 5. The lowest BCUT2D eigenvalue weighted by molar-refractivity contribution is -0.0251. The van der Waals surface area contributed by atoms with Crippen molar-refractivity contribution in [3.63, 3.8) is 0 Å². The summed E-state index contributed by atoms with van der Waals surface area (Å²) in [6.07, 6.45) is 0.179. The highest BCUT2D eigenvalue weighted by Gasteiger charge is 2.37. The Morgan fingerprint density at radius 3 is 2.90 bits per heavy atom. The number of anilines is 1. The van der Waals surface area contributed by atoms with Crippen LogP contribution >= 0.6 is 0 Å². The van der Waals surface area contributed by atoms with Gasteiger partial charge in [-0.25, -0.2) is 4.98 Å². The molecule has 9 nitrogen and oxygen atoms in total. The fourth-order valence-corrected chi connectivity index (χ4v) is 2.18. The van der Waals surface area contributed by atoms with E-state index in [1.165, 1.54) is 0 Å². The van der Waals surface area contributed by atoms with Gasteiger partial charge in [0.2, 0.25) is 5.95 Å². The molecule has 0 unspecified atom stereocenters. The lowest BCUT2D eigenvalue weighted by atomic mass is 10.1. The summed E-state index contributed by atoms with van der Waals surface area (Å²) < 4.78 is 7.13. The third kappa shape index (κ3) is 2.09. The molecule has 1 saturated heterocycles. The quantitative estimate of drug-likeness (QED) is 0.719. The Labute approximate surface area is 114 Å². The van der Waals surface area contributed by atoms with Crippen molar-refractivity contribution < 1.29 is 14.9 Å². The van der Waals surface area contributed by atoms with E-state index >= 15 is 0 Å². The van der Waals surface area contributed by atoms with E-state index in [0.717, 1.165) is 0 Å². The minimum atomic E-state index is -0.715. The maximum absolute atomic E-state index is 9.79. The monoisotopic (exact) mass is 280 g/mol. The average Bonchev–Trinajstić information content (AvgIpc) is 3.00. The lowest BCUT2D eigenvalue weighted by Gasteiger charge is -2.12. The summed E-state index contributed by atoms with van der Waals surface area (Å²) in [6.45, 7) is -0.230. The lowest BCUT2D eigenvalue weighted by Crippen LogP contribution is -2.24. The molecule has 1 aliphatic rings. The third-order valence-electron chi connectivity index (χ3n) is 3.27. The zero-order valence-corrected chi connectivity index (χ0v) is 11.2. The number of hydrogen-bond acceptors (Lipinski definition) is 8. The maximum Gasteiger partial charge on any atom is 0.243 e. The van der Waals surface area contributed by atoms with Gasteiger partial charge in [0.15, 0.2) is 11.5 Å². The van der Waals surface area contributed by atoms with E-state index in [-0.39, 0.29) is 6.61 Å². The van der Waals surface area contributed by atoms with E-state index in [1.807, 2.05) is 14.1 Å². The third-order valence-corrected chi connectivity index (χ3v) is 3.27. The van der Waals surface area contributed by atoms with E-state index in [9.17, 15) is 5.11 Å². The van der Waals surface area contributed by atoms with Crippen LogP contribution in [0.15, 0.2) is 6.20 Å². The largest absolute Gasteiger partial charge is 0.394 e. The number of ether oxygens (including phenoxy) is 1. The van der Waals surface area contributed by atoms with Crippen LogP contribution < -0.4 is 4.90 Å². The molecule has 3 heterocycles. The highest BCUT2D eigenvalue weighted by atomic mass is 16.5. The first-order valence-corrected chi connectivity index (χ1v) is 6.30. The number of rotatable bonds is 3. The van der Waals surface area contributed by atoms with Crippen molar-refractivity contribution in [1.29, 1.82) is 0 Å². The molecule has 9 heteroatoms. The normalized spacial score (nSPS) is 26.3. The van der Waals surface area contributed by atoms with Crippen LogP contribution in [0.25, 0.3) is 5.65 Å². The highest BCUT2D eigenvalue weighted by Crippen LogP contribution is 2.31. The second-order valence-electron chi connectivity index (χ2n) is 4.93. The Balaban J connectivity index is 1.98. The summed E-state index contributed by atoms with van der Waals surface area (Å²) in [5.74, 6) is 1.02. The van der Waals surface area contributed by atoms with Crippen molar-refractivity contribution in [2.24, 2.45) is 0 Å². The van der Waals surface area contributed by atoms with Gasteiger partial charge in [-0.3, -0.25) is 0 Å². The van der Waals surface area contributed by atoms with Crippen LogP contribution in [0.4, 0.5) is 5.95 Å². The summed E-state index contributed by atoms with van der Waals surface area (Å²) in [5, 5.41) is 31.3. The minimum absolute atomic E-state index is 0.230. The minimum Gasteiger partial charge on any atom is -0.394 e. The maximum atomic E-state index is 9.79. The van der Waals surface area contributed by atoms with Crippen molar-refractivity contribution in [2.75, 3.05) is 25.6 Å². The van der Waals surface area contributed by atoms with E-state index in [0.29, 0.717) is 23.8 Å². The van der Waals surface area contributed by atoms with Crippen LogP contribution in [0, 0.1) is 0 Å². The molecule has 0 radical (unpaired) electrons. The topological polar surface area (TPSA) is 109 Å². The second kappa shape index (κ2) is 4.93. The Bertz CT molecular complexity index is 615. The van der Waals surface area contributed by atoms with Crippen LogP contribution in [0.5, 0.6) is 0 Å². The standard InChI is InChI=1S/C11H16N6O3/c1-16(2)11-12-4-9-13-14-10(17(9)15-11)7-3-6(19)8(5-18)20-7/h4,6-8,18-19H,3,5H2,1-2H3/t6-,7+,8+/m0/s1. The molecule has 108 valence electrons. The molecule has 2 aromatic rings. The Morgan fingerprint density at radius 2 is 2.25 bits per heavy atom. The molecule has 2 aromatic heterocycles. The van der Waals surface area contributed by atoms with Crippen molar-refractivity contribution >= 4 is 11.6 Å². The Morgan fingerprint density at radius 1 is 1.45 bits per heavy atom. The van der Waals surface area contributed by atoms with Crippen LogP contribution in [0.2, 0.25) is 0 Å². The van der Waals surface area contributed by atoms with Gasteiger partial charge in [0, 0.05) is 20.5 Å². The number of fused-ring (bicyclic) bond motifs is 1. The summed E-state index contributed by atoms with van der Waals surface area (Å²) in [6, 6.07) is 0. The molecular weight excluding hydrogens is 264 g/mol. The predicted octanol–water partition coefficient (Wildman–Crippen LogP) is -1.23. The van der Waals surface area contributed by atoms with Crippen LogP contribution in [-0.2, 0) is 4.74 Å². The molecule has 3 rings (SSSR count). The number of aliphatic hydroxyl groups is 2. The molecule has 0 aliphatic carbocycles. The van der Waals surface area contributed by atoms with Gasteiger partial charge < -0.3 is 19.8 Å². The molecule has 20 heavy (non-hydrogen) atoms. The van der Waals surface area contributed by atoms with Gasteiger partial charge in [-0.2, -0.15) is 4.52 Å². The molecule has 3 atom stereocenters. The smallest absolute Gasteiger partial charge is 0.243 e. The number of aliphatic hydroxyl groups excluding tert-OH is 2. The zero-order chi connectivity index (χ0) is 14.3. The highest BCUT2D eigenvalue weighted by molar-refractivity contribution is 5.37. The molecule has 1 aliphatic heterocycles. The SMILES string of the molecule is CN(C)c1ncc2nnc([C@H]3C[C@H](O)[C@@H](CO)O3)n2n1. The van der Waals surface area contributed by atoms with E-state index < -0.39 is 18.3 Å². The number of nitrogens with zero attached hydrogens (tertiary/aromatic N) is 6.